The second kappa shape index (κ2) is 6.54. The number of benzene rings is 1. The van der Waals surface area contributed by atoms with E-state index in [4.69, 9.17) is 14.6 Å². The Hall–Kier alpha value is -0.900. The molecule has 0 aliphatic heterocycles. The minimum Gasteiger partial charge on any atom is -0.394 e. The minimum absolute atomic E-state index is 0.0225. The maximum Gasteiger partial charge on any atom is 0.161 e. The first-order valence-electron chi connectivity index (χ1n) is 4.66. The Morgan fingerprint density at radius 2 is 2.00 bits per heavy atom. The van der Waals surface area contributed by atoms with E-state index in [1.165, 1.54) is 0 Å². The number of aliphatic hydroxyl groups is 1. The van der Waals surface area contributed by atoms with Crippen molar-refractivity contribution in [3.63, 3.8) is 0 Å². The summed E-state index contributed by atoms with van der Waals surface area (Å²) in [6.45, 7) is 0.333. The molecule has 0 aliphatic rings. The molecule has 3 heteroatoms. The summed E-state index contributed by atoms with van der Waals surface area (Å²) in [5, 5.41) is 8.60. The lowest BCUT2D eigenvalue weighted by molar-refractivity contribution is -0.128. The van der Waals surface area contributed by atoms with Crippen molar-refractivity contribution in [3.05, 3.63) is 35.9 Å². The van der Waals surface area contributed by atoms with Gasteiger partial charge in [-0.3, -0.25) is 0 Å². The molecule has 1 aromatic carbocycles. The van der Waals surface area contributed by atoms with Gasteiger partial charge in [0.1, 0.15) is 0 Å². The summed E-state index contributed by atoms with van der Waals surface area (Å²) in [6.07, 6.45) is 0.432. The fourth-order valence-electron chi connectivity index (χ4n) is 1.20. The summed E-state index contributed by atoms with van der Waals surface area (Å²) in [6, 6.07) is 9.98. The molecule has 1 aromatic rings. The highest BCUT2D eigenvalue weighted by atomic mass is 16.7. The van der Waals surface area contributed by atoms with Crippen LogP contribution in [-0.4, -0.2) is 31.7 Å². The molecule has 3 nitrogen and oxygen atoms in total. The van der Waals surface area contributed by atoms with Crippen molar-refractivity contribution in [1.29, 1.82) is 0 Å². The summed E-state index contributed by atoms with van der Waals surface area (Å²) in [5.41, 5.74) is 1.16. The quantitative estimate of drug-likeness (QED) is 0.695. The number of rotatable bonds is 6. The molecule has 0 aliphatic carbocycles. The van der Waals surface area contributed by atoms with E-state index in [0.29, 0.717) is 13.0 Å². The van der Waals surface area contributed by atoms with Crippen LogP contribution in [0.5, 0.6) is 0 Å². The van der Waals surface area contributed by atoms with Crippen LogP contribution >= 0.6 is 0 Å². The molecule has 0 saturated heterocycles. The molecule has 0 amide bonds. The Labute approximate surface area is 84.3 Å². The Kier molecular flexibility index (Phi) is 5.22. The molecule has 0 aromatic heterocycles. The molecule has 1 atom stereocenters. The van der Waals surface area contributed by atoms with Crippen LogP contribution in [0.4, 0.5) is 0 Å². The van der Waals surface area contributed by atoms with Crippen LogP contribution in [0.25, 0.3) is 0 Å². The van der Waals surface area contributed by atoms with E-state index < -0.39 is 0 Å². The predicted molar refractivity (Wildman–Crippen MR) is 54.0 cm³/mol. The molecule has 1 N–H and O–H groups in total. The molecule has 0 saturated carbocycles. The first-order valence-corrected chi connectivity index (χ1v) is 4.66. The molecule has 0 heterocycles. The summed E-state index contributed by atoms with van der Waals surface area (Å²) >= 11 is 0. The van der Waals surface area contributed by atoms with Gasteiger partial charge in [-0.05, 0) is 5.56 Å². The van der Waals surface area contributed by atoms with Gasteiger partial charge in [-0.2, -0.15) is 0 Å². The van der Waals surface area contributed by atoms with Gasteiger partial charge in [0, 0.05) is 13.5 Å². The zero-order valence-electron chi connectivity index (χ0n) is 8.35. The van der Waals surface area contributed by atoms with E-state index in [9.17, 15) is 0 Å². The normalized spacial score (nSPS) is 12.7. The minimum atomic E-state index is -0.274. The molecule has 1 unspecified atom stereocenters. The van der Waals surface area contributed by atoms with Gasteiger partial charge in [0.2, 0.25) is 0 Å². The molecule has 1 rings (SSSR count). The van der Waals surface area contributed by atoms with Crippen molar-refractivity contribution in [2.75, 3.05) is 20.3 Å². The fraction of sp³-hybridized carbons (Fsp3) is 0.455. The van der Waals surface area contributed by atoms with E-state index in [1.54, 1.807) is 7.11 Å². The Bertz CT molecular complexity index is 236. The van der Waals surface area contributed by atoms with Crippen molar-refractivity contribution in [2.45, 2.75) is 12.7 Å². The zero-order valence-corrected chi connectivity index (χ0v) is 8.35. The van der Waals surface area contributed by atoms with E-state index >= 15 is 0 Å². The lowest BCUT2D eigenvalue weighted by atomic mass is 10.1. The first-order chi connectivity index (χ1) is 6.86. The third-order valence-electron chi connectivity index (χ3n) is 1.90. The third kappa shape index (κ3) is 3.87. The average molecular weight is 196 g/mol. The summed E-state index contributed by atoms with van der Waals surface area (Å²) in [7, 11) is 1.60. The zero-order chi connectivity index (χ0) is 10.2. The number of hydrogen-bond acceptors (Lipinski definition) is 3. The monoisotopic (exact) mass is 196 g/mol. The largest absolute Gasteiger partial charge is 0.394 e. The van der Waals surface area contributed by atoms with Gasteiger partial charge in [-0.1, -0.05) is 30.3 Å². The van der Waals surface area contributed by atoms with Crippen molar-refractivity contribution < 1.29 is 14.6 Å². The van der Waals surface area contributed by atoms with Crippen LogP contribution in [0.2, 0.25) is 0 Å². The third-order valence-corrected chi connectivity index (χ3v) is 1.90. The van der Waals surface area contributed by atoms with Crippen molar-refractivity contribution in [3.8, 4) is 0 Å². The molecule has 14 heavy (non-hydrogen) atoms. The second-order valence-electron chi connectivity index (χ2n) is 2.95. The smallest absolute Gasteiger partial charge is 0.161 e. The Morgan fingerprint density at radius 1 is 1.29 bits per heavy atom. The molecule has 0 fully saturated rings. The number of ether oxygens (including phenoxy) is 2. The van der Waals surface area contributed by atoms with Gasteiger partial charge >= 0.3 is 0 Å². The van der Waals surface area contributed by atoms with Crippen LogP contribution in [0.1, 0.15) is 5.56 Å². The highest BCUT2D eigenvalue weighted by molar-refractivity contribution is 5.14. The standard InChI is InChI=1S/C11H16O3/c1-13-11(14-8-7-12)9-10-5-3-2-4-6-10/h2-6,11-12H,7-9H2,1H3. The van der Waals surface area contributed by atoms with Gasteiger partial charge in [0.05, 0.1) is 13.2 Å². The second-order valence-corrected chi connectivity index (χ2v) is 2.95. The molecular formula is C11H16O3. The molecule has 78 valence electrons. The molecule has 0 spiro atoms. The number of hydrogen-bond donors (Lipinski definition) is 1. The molecule has 0 bridgehead atoms. The molecular weight excluding hydrogens is 180 g/mol. The average Bonchev–Trinajstić information content (AvgIpc) is 2.25. The van der Waals surface area contributed by atoms with Gasteiger partial charge in [0.15, 0.2) is 6.29 Å². The maximum absolute atomic E-state index is 8.60. The first kappa shape index (κ1) is 11.2. The predicted octanol–water partition coefficient (Wildman–Crippen LogP) is 1.21. The Morgan fingerprint density at radius 3 is 2.57 bits per heavy atom. The van der Waals surface area contributed by atoms with Crippen molar-refractivity contribution in [1.82, 2.24) is 0 Å². The Balaban J connectivity index is 2.40. The van der Waals surface area contributed by atoms with Gasteiger partial charge in [-0.25, -0.2) is 0 Å². The van der Waals surface area contributed by atoms with E-state index in [2.05, 4.69) is 0 Å². The summed E-state index contributed by atoms with van der Waals surface area (Å²) < 4.78 is 10.4. The lowest BCUT2D eigenvalue weighted by Gasteiger charge is -2.15. The highest BCUT2D eigenvalue weighted by Crippen LogP contribution is 2.06. The number of aliphatic hydroxyl groups excluding tert-OH is 1. The highest BCUT2D eigenvalue weighted by Gasteiger charge is 2.07. The van der Waals surface area contributed by atoms with Crippen LogP contribution in [0, 0.1) is 0 Å². The summed E-state index contributed by atoms with van der Waals surface area (Å²) in [5.74, 6) is 0. The lowest BCUT2D eigenvalue weighted by Crippen LogP contribution is -2.20. The SMILES string of the molecule is COC(Cc1ccccc1)OCCO. The van der Waals surface area contributed by atoms with E-state index in [-0.39, 0.29) is 12.9 Å². The van der Waals surface area contributed by atoms with Crippen LogP contribution in [-0.2, 0) is 15.9 Å². The summed E-state index contributed by atoms with van der Waals surface area (Å²) in [4.78, 5) is 0. The van der Waals surface area contributed by atoms with Crippen LogP contribution in [0.3, 0.4) is 0 Å². The van der Waals surface area contributed by atoms with Crippen LogP contribution < -0.4 is 0 Å². The van der Waals surface area contributed by atoms with E-state index in [0.717, 1.165) is 5.56 Å². The topological polar surface area (TPSA) is 38.7 Å². The fourth-order valence-corrected chi connectivity index (χ4v) is 1.20. The maximum atomic E-state index is 8.60. The van der Waals surface area contributed by atoms with Crippen LogP contribution in [0.15, 0.2) is 30.3 Å². The van der Waals surface area contributed by atoms with Gasteiger partial charge in [0.25, 0.3) is 0 Å². The van der Waals surface area contributed by atoms with Gasteiger partial charge < -0.3 is 14.6 Å². The van der Waals surface area contributed by atoms with Crippen molar-refractivity contribution >= 4 is 0 Å². The molecule has 0 radical (unpaired) electrons. The van der Waals surface area contributed by atoms with Gasteiger partial charge in [-0.15, -0.1) is 0 Å². The van der Waals surface area contributed by atoms with E-state index in [1.807, 2.05) is 30.3 Å². The number of methoxy groups -OCH3 is 1. The van der Waals surface area contributed by atoms with Crippen molar-refractivity contribution in [2.24, 2.45) is 0 Å².